The molecular weight excluding hydrogens is 347 g/mol. The fourth-order valence-electron chi connectivity index (χ4n) is 2.32. The van der Waals surface area contributed by atoms with E-state index in [1.54, 1.807) is 49.4 Å². The second kappa shape index (κ2) is 7.12. The zero-order valence-corrected chi connectivity index (χ0v) is 14.4. The minimum Gasteiger partial charge on any atom is -0.462 e. The Morgan fingerprint density at radius 2 is 1.50 bits per heavy atom. The van der Waals surface area contributed by atoms with E-state index in [2.05, 4.69) is 0 Å². The van der Waals surface area contributed by atoms with Crippen LogP contribution in [0.1, 0.15) is 17.3 Å². The summed E-state index contributed by atoms with van der Waals surface area (Å²) in [5.41, 5.74) is 1.96. The van der Waals surface area contributed by atoms with Crippen molar-refractivity contribution in [3.63, 3.8) is 0 Å². The number of benzene rings is 2. The van der Waals surface area contributed by atoms with Crippen molar-refractivity contribution in [2.24, 2.45) is 0 Å². The molecule has 122 valence electrons. The average Bonchev–Trinajstić information content (AvgIpc) is 3.02. The summed E-state index contributed by atoms with van der Waals surface area (Å²) in [5, 5.41) is 1.25. The molecule has 0 N–H and O–H groups in total. The van der Waals surface area contributed by atoms with Gasteiger partial charge in [0.05, 0.1) is 6.61 Å². The predicted molar refractivity (Wildman–Crippen MR) is 95.6 cm³/mol. The van der Waals surface area contributed by atoms with Crippen LogP contribution in [0.5, 0.6) is 0 Å². The zero-order valence-electron chi connectivity index (χ0n) is 12.9. The van der Waals surface area contributed by atoms with E-state index in [9.17, 15) is 4.79 Å². The summed E-state index contributed by atoms with van der Waals surface area (Å²) in [7, 11) is 0. The van der Waals surface area contributed by atoms with Crippen LogP contribution in [0.15, 0.2) is 59.0 Å². The maximum absolute atomic E-state index is 12.3. The van der Waals surface area contributed by atoms with Crippen molar-refractivity contribution < 1.29 is 13.9 Å². The van der Waals surface area contributed by atoms with Gasteiger partial charge in [-0.3, -0.25) is 0 Å². The maximum Gasteiger partial charge on any atom is 0.342 e. The van der Waals surface area contributed by atoms with E-state index < -0.39 is 5.97 Å². The first kappa shape index (κ1) is 16.6. The van der Waals surface area contributed by atoms with Gasteiger partial charge in [0.15, 0.2) is 0 Å². The number of hydrogen-bond donors (Lipinski definition) is 0. The molecule has 0 aliphatic rings. The van der Waals surface area contributed by atoms with Crippen molar-refractivity contribution in [1.29, 1.82) is 0 Å². The van der Waals surface area contributed by atoms with E-state index in [-0.39, 0.29) is 0 Å². The Hall–Kier alpha value is -2.23. The zero-order chi connectivity index (χ0) is 17.1. The number of halogens is 2. The van der Waals surface area contributed by atoms with Gasteiger partial charge in [-0.15, -0.1) is 0 Å². The van der Waals surface area contributed by atoms with E-state index in [1.807, 2.05) is 12.1 Å². The van der Waals surface area contributed by atoms with Crippen molar-refractivity contribution in [1.82, 2.24) is 0 Å². The van der Waals surface area contributed by atoms with Gasteiger partial charge in [-0.25, -0.2) is 4.79 Å². The summed E-state index contributed by atoms with van der Waals surface area (Å²) in [6, 6.07) is 16.0. The van der Waals surface area contributed by atoms with Crippen molar-refractivity contribution in [2.45, 2.75) is 6.92 Å². The van der Waals surface area contributed by atoms with Crippen LogP contribution in [0.4, 0.5) is 0 Å². The van der Waals surface area contributed by atoms with Crippen molar-refractivity contribution >= 4 is 29.2 Å². The number of hydrogen-bond acceptors (Lipinski definition) is 3. The number of ether oxygens (including phenoxy) is 1. The van der Waals surface area contributed by atoms with Gasteiger partial charge >= 0.3 is 5.97 Å². The molecule has 1 aromatic heterocycles. The highest BCUT2D eigenvalue weighted by atomic mass is 35.5. The van der Waals surface area contributed by atoms with E-state index >= 15 is 0 Å². The summed E-state index contributed by atoms with van der Waals surface area (Å²) < 4.78 is 11.1. The van der Waals surface area contributed by atoms with Crippen LogP contribution in [-0.4, -0.2) is 12.6 Å². The lowest BCUT2D eigenvalue weighted by molar-refractivity contribution is 0.0527. The minimum atomic E-state index is -0.425. The van der Waals surface area contributed by atoms with Crippen LogP contribution in [0.2, 0.25) is 10.0 Å². The summed E-state index contributed by atoms with van der Waals surface area (Å²) in [4.78, 5) is 12.3. The lowest BCUT2D eigenvalue weighted by Gasteiger charge is -2.03. The van der Waals surface area contributed by atoms with Crippen LogP contribution >= 0.6 is 23.2 Å². The highest BCUT2D eigenvalue weighted by Gasteiger charge is 2.21. The van der Waals surface area contributed by atoms with Crippen molar-refractivity contribution in [3.8, 4) is 22.6 Å². The summed E-state index contributed by atoms with van der Waals surface area (Å²) in [6.07, 6.45) is 0. The number of rotatable bonds is 4. The molecule has 0 fully saturated rings. The standard InChI is InChI=1S/C19H14Cl2O3/c1-2-23-19(22)16-11-17(12-3-7-14(20)8-4-12)24-18(16)13-5-9-15(21)10-6-13/h3-11H,2H2,1H3. The Bertz CT molecular complexity index is 849. The van der Waals surface area contributed by atoms with Gasteiger partial charge in [-0.2, -0.15) is 0 Å². The first-order valence-corrected chi connectivity index (χ1v) is 8.17. The third-order valence-electron chi connectivity index (χ3n) is 3.46. The molecule has 0 aliphatic carbocycles. The fourth-order valence-corrected chi connectivity index (χ4v) is 2.58. The molecular formula is C19H14Cl2O3. The first-order valence-electron chi connectivity index (χ1n) is 7.41. The Labute approximate surface area is 149 Å². The third kappa shape index (κ3) is 3.48. The van der Waals surface area contributed by atoms with Gasteiger partial charge in [-0.05, 0) is 61.5 Å². The molecule has 0 saturated heterocycles. The molecule has 0 amide bonds. The molecule has 0 saturated carbocycles. The topological polar surface area (TPSA) is 39.4 Å². The summed E-state index contributed by atoms with van der Waals surface area (Å²) in [6.45, 7) is 2.06. The van der Waals surface area contributed by atoms with E-state index in [0.29, 0.717) is 33.7 Å². The van der Waals surface area contributed by atoms with E-state index in [1.165, 1.54) is 0 Å². The smallest absolute Gasteiger partial charge is 0.342 e. The molecule has 2 aromatic carbocycles. The Morgan fingerprint density at radius 3 is 2.04 bits per heavy atom. The van der Waals surface area contributed by atoms with Gasteiger partial charge in [0, 0.05) is 21.2 Å². The molecule has 3 rings (SSSR count). The van der Waals surface area contributed by atoms with Gasteiger partial charge in [0.2, 0.25) is 0 Å². The number of carbonyl (C=O) groups excluding carboxylic acids is 1. The molecule has 0 atom stereocenters. The molecule has 1 heterocycles. The molecule has 0 unspecified atom stereocenters. The quantitative estimate of drug-likeness (QED) is 0.527. The van der Waals surface area contributed by atoms with Crippen LogP contribution in [0, 0.1) is 0 Å². The van der Waals surface area contributed by atoms with Crippen LogP contribution in [0.3, 0.4) is 0 Å². The highest BCUT2D eigenvalue weighted by molar-refractivity contribution is 6.30. The Morgan fingerprint density at radius 1 is 0.958 bits per heavy atom. The minimum absolute atomic E-state index is 0.292. The number of carbonyl (C=O) groups is 1. The number of esters is 1. The number of furan rings is 1. The fraction of sp³-hybridized carbons (Fsp3) is 0.105. The molecule has 24 heavy (non-hydrogen) atoms. The van der Waals surface area contributed by atoms with Crippen LogP contribution in [0.25, 0.3) is 22.6 Å². The second-order valence-electron chi connectivity index (χ2n) is 5.09. The molecule has 0 spiro atoms. The molecule has 3 aromatic rings. The van der Waals surface area contributed by atoms with Crippen molar-refractivity contribution in [3.05, 3.63) is 70.2 Å². The lowest BCUT2D eigenvalue weighted by Crippen LogP contribution is -2.04. The van der Waals surface area contributed by atoms with E-state index in [4.69, 9.17) is 32.4 Å². The SMILES string of the molecule is CCOC(=O)c1cc(-c2ccc(Cl)cc2)oc1-c1ccc(Cl)cc1. The first-order chi connectivity index (χ1) is 11.6. The largest absolute Gasteiger partial charge is 0.462 e. The van der Waals surface area contributed by atoms with Gasteiger partial charge in [0.1, 0.15) is 17.1 Å². The second-order valence-corrected chi connectivity index (χ2v) is 5.96. The predicted octanol–water partition coefficient (Wildman–Crippen LogP) is 6.10. The van der Waals surface area contributed by atoms with Gasteiger partial charge < -0.3 is 9.15 Å². The van der Waals surface area contributed by atoms with Crippen LogP contribution in [-0.2, 0) is 4.74 Å². The molecule has 0 radical (unpaired) electrons. The maximum atomic E-state index is 12.3. The summed E-state index contributed by atoms with van der Waals surface area (Å²) >= 11 is 11.9. The summed E-state index contributed by atoms with van der Waals surface area (Å²) in [5.74, 6) is 0.598. The third-order valence-corrected chi connectivity index (χ3v) is 3.97. The monoisotopic (exact) mass is 360 g/mol. The Balaban J connectivity index is 2.10. The molecule has 5 heteroatoms. The normalized spacial score (nSPS) is 10.6. The van der Waals surface area contributed by atoms with Gasteiger partial charge in [-0.1, -0.05) is 23.2 Å². The highest BCUT2D eigenvalue weighted by Crippen LogP contribution is 2.34. The lowest BCUT2D eigenvalue weighted by atomic mass is 10.1. The average molecular weight is 361 g/mol. The van der Waals surface area contributed by atoms with Gasteiger partial charge in [0.25, 0.3) is 0 Å². The molecule has 3 nitrogen and oxygen atoms in total. The molecule has 0 bridgehead atoms. The van der Waals surface area contributed by atoms with E-state index in [0.717, 1.165) is 11.1 Å². The van der Waals surface area contributed by atoms with Crippen molar-refractivity contribution in [2.75, 3.05) is 6.61 Å². The Kier molecular flexibility index (Phi) is 4.93. The van der Waals surface area contributed by atoms with Crippen LogP contribution < -0.4 is 0 Å². The molecule has 0 aliphatic heterocycles.